The lowest BCUT2D eigenvalue weighted by Gasteiger charge is -2.38. The van der Waals surface area contributed by atoms with Crippen molar-refractivity contribution >= 4 is 35.6 Å². The van der Waals surface area contributed by atoms with Crippen molar-refractivity contribution in [3.05, 3.63) is 42.5 Å². The molecule has 0 aliphatic carbocycles. The molecule has 0 radical (unpaired) electrons. The van der Waals surface area contributed by atoms with E-state index in [-0.39, 0.29) is 24.0 Å². The molecule has 0 bridgehead atoms. The molecule has 8 heteroatoms. The number of imidazole rings is 1. The fourth-order valence-corrected chi connectivity index (χ4v) is 3.61. The Bertz CT molecular complexity index is 783. The summed E-state index contributed by atoms with van der Waals surface area (Å²) >= 11 is 0. The smallest absolute Gasteiger partial charge is 0.194 e. The highest BCUT2D eigenvalue weighted by Crippen LogP contribution is 2.28. The van der Waals surface area contributed by atoms with E-state index in [4.69, 9.17) is 4.74 Å². The number of para-hydroxylation sites is 2. The summed E-state index contributed by atoms with van der Waals surface area (Å²) in [6.07, 6.45) is 3.92. The van der Waals surface area contributed by atoms with E-state index in [0.717, 1.165) is 55.9 Å². The van der Waals surface area contributed by atoms with Crippen LogP contribution in [0.15, 0.2) is 41.7 Å². The molecular weight excluding hydrogens is 479 g/mol. The number of guanidine groups is 1. The normalized spacial score (nSPS) is 14.7. The van der Waals surface area contributed by atoms with E-state index in [1.807, 2.05) is 31.6 Å². The third kappa shape index (κ3) is 6.01. The number of benzene rings is 1. The van der Waals surface area contributed by atoms with E-state index in [0.29, 0.717) is 12.5 Å². The van der Waals surface area contributed by atoms with Gasteiger partial charge in [0.05, 0.1) is 19.3 Å². The van der Waals surface area contributed by atoms with Crippen molar-refractivity contribution < 1.29 is 4.74 Å². The minimum absolute atomic E-state index is 0. The largest absolute Gasteiger partial charge is 0.495 e. The first-order valence-electron chi connectivity index (χ1n) is 9.96. The van der Waals surface area contributed by atoms with E-state index in [2.05, 4.69) is 55.6 Å². The van der Waals surface area contributed by atoms with Crippen LogP contribution < -0.4 is 15.0 Å². The molecule has 1 aliphatic rings. The molecule has 0 atom stereocenters. The van der Waals surface area contributed by atoms with Crippen molar-refractivity contribution in [3.8, 4) is 5.75 Å². The monoisotopic (exact) mass is 512 g/mol. The summed E-state index contributed by atoms with van der Waals surface area (Å²) in [5.41, 5.74) is 1.16. The quantitative estimate of drug-likeness (QED) is 0.367. The Kier molecular flexibility index (Phi) is 9.06. The van der Waals surface area contributed by atoms with Gasteiger partial charge in [0.2, 0.25) is 0 Å². The first-order valence-corrected chi connectivity index (χ1v) is 9.96. The van der Waals surface area contributed by atoms with Crippen molar-refractivity contribution in [1.29, 1.82) is 0 Å². The molecule has 1 saturated heterocycles. The van der Waals surface area contributed by atoms with Crippen LogP contribution in [0.1, 0.15) is 19.7 Å². The average Bonchev–Trinajstić information content (AvgIpc) is 3.15. The highest BCUT2D eigenvalue weighted by Gasteiger charge is 2.21. The number of aliphatic imine (C=N–C) groups is 1. The molecule has 1 N–H and O–H groups in total. The lowest BCUT2D eigenvalue weighted by Crippen LogP contribution is -2.52. The number of nitrogens with one attached hydrogen (secondary N) is 1. The molecule has 0 saturated carbocycles. The Labute approximate surface area is 191 Å². The maximum Gasteiger partial charge on any atom is 0.194 e. The summed E-state index contributed by atoms with van der Waals surface area (Å²) in [6, 6.07) is 8.20. The number of hydrogen-bond donors (Lipinski definition) is 1. The van der Waals surface area contributed by atoms with Gasteiger partial charge in [-0.15, -0.1) is 24.0 Å². The van der Waals surface area contributed by atoms with E-state index in [9.17, 15) is 0 Å². The zero-order valence-corrected chi connectivity index (χ0v) is 20.2. The summed E-state index contributed by atoms with van der Waals surface area (Å²) in [5, 5.41) is 3.48. The molecule has 160 valence electrons. The number of methoxy groups -OCH3 is 1. The standard InChI is InChI=1S/C21H32N6O.HI/c1-17(2)16-27-10-9-23-20(27)15-24-21(22-3)26-13-11-25(12-14-26)18-7-5-6-8-19(18)28-4;/h5-10,17H,11-16H2,1-4H3,(H,22,24);1H. The van der Waals surface area contributed by atoms with E-state index < -0.39 is 0 Å². The Morgan fingerprint density at radius 1 is 1.21 bits per heavy atom. The molecule has 1 aliphatic heterocycles. The second-order valence-electron chi connectivity index (χ2n) is 7.44. The number of piperazine rings is 1. The summed E-state index contributed by atoms with van der Waals surface area (Å²) < 4.78 is 7.72. The number of halogens is 1. The molecule has 29 heavy (non-hydrogen) atoms. The van der Waals surface area contributed by atoms with Crippen molar-refractivity contribution in [2.24, 2.45) is 10.9 Å². The van der Waals surface area contributed by atoms with Gasteiger partial charge in [-0.3, -0.25) is 4.99 Å². The third-order valence-electron chi connectivity index (χ3n) is 4.99. The molecule has 2 heterocycles. The van der Waals surface area contributed by atoms with Gasteiger partial charge in [0.25, 0.3) is 0 Å². The number of nitrogens with zero attached hydrogens (tertiary/aromatic N) is 5. The molecule has 1 aromatic heterocycles. The Morgan fingerprint density at radius 2 is 1.93 bits per heavy atom. The zero-order chi connectivity index (χ0) is 19.9. The maximum absolute atomic E-state index is 5.51. The topological polar surface area (TPSA) is 57.9 Å². The predicted molar refractivity (Wildman–Crippen MR) is 129 cm³/mol. The molecule has 7 nitrogen and oxygen atoms in total. The number of aromatic nitrogens is 2. The van der Waals surface area contributed by atoms with E-state index in [1.165, 1.54) is 0 Å². The lowest BCUT2D eigenvalue weighted by molar-refractivity contribution is 0.366. The first-order chi connectivity index (χ1) is 13.6. The Hall–Kier alpha value is -1.97. The van der Waals surface area contributed by atoms with Gasteiger partial charge in [0.15, 0.2) is 5.96 Å². The van der Waals surface area contributed by atoms with Crippen LogP contribution in [-0.4, -0.2) is 60.7 Å². The summed E-state index contributed by atoms with van der Waals surface area (Å²) in [4.78, 5) is 13.7. The van der Waals surface area contributed by atoms with Crippen LogP contribution in [0, 0.1) is 5.92 Å². The Morgan fingerprint density at radius 3 is 2.59 bits per heavy atom. The zero-order valence-electron chi connectivity index (χ0n) is 17.8. The second kappa shape index (κ2) is 11.3. The van der Waals surface area contributed by atoms with Crippen LogP contribution in [0.4, 0.5) is 5.69 Å². The highest BCUT2D eigenvalue weighted by molar-refractivity contribution is 14.0. The van der Waals surface area contributed by atoms with Crippen molar-refractivity contribution in [2.45, 2.75) is 26.9 Å². The van der Waals surface area contributed by atoms with Crippen LogP contribution >= 0.6 is 24.0 Å². The fraction of sp³-hybridized carbons (Fsp3) is 0.524. The van der Waals surface area contributed by atoms with Gasteiger partial charge < -0.3 is 24.4 Å². The van der Waals surface area contributed by atoms with Crippen LogP contribution in [0.5, 0.6) is 5.75 Å². The van der Waals surface area contributed by atoms with Gasteiger partial charge in [-0.05, 0) is 18.1 Å². The SMILES string of the molecule is CN=C(NCc1nccn1CC(C)C)N1CCN(c2ccccc2OC)CC1.I. The van der Waals surface area contributed by atoms with Gasteiger partial charge in [-0.1, -0.05) is 26.0 Å². The van der Waals surface area contributed by atoms with E-state index >= 15 is 0 Å². The maximum atomic E-state index is 5.51. The van der Waals surface area contributed by atoms with Crippen LogP contribution in [0.3, 0.4) is 0 Å². The predicted octanol–water partition coefficient (Wildman–Crippen LogP) is 3.06. The number of rotatable bonds is 6. The average molecular weight is 512 g/mol. The van der Waals surface area contributed by atoms with E-state index in [1.54, 1.807) is 7.11 Å². The molecule has 2 aromatic rings. The number of ether oxygens (including phenoxy) is 1. The summed E-state index contributed by atoms with van der Waals surface area (Å²) in [5.74, 6) is 3.49. The van der Waals surface area contributed by atoms with Gasteiger partial charge in [-0.25, -0.2) is 4.98 Å². The third-order valence-corrected chi connectivity index (χ3v) is 4.99. The van der Waals surface area contributed by atoms with Gasteiger partial charge in [-0.2, -0.15) is 0 Å². The molecule has 3 rings (SSSR count). The van der Waals surface area contributed by atoms with Crippen molar-refractivity contribution in [2.75, 3.05) is 45.2 Å². The van der Waals surface area contributed by atoms with Crippen LogP contribution in [0.25, 0.3) is 0 Å². The molecule has 0 spiro atoms. The fourth-order valence-electron chi connectivity index (χ4n) is 3.61. The first kappa shape index (κ1) is 23.3. The van der Waals surface area contributed by atoms with Crippen LogP contribution in [-0.2, 0) is 13.1 Å². The van der Waals surface area contributed by atoms with Crippen molar-refractivity contribution in [1.82, 2.24) is 19.8 Å². The van der Waals surface area contributed by atoms with Crippen LogP contribution in [0.2, 0.25) is 0 Å². The molecule has 1 fully saturated rings. The second-order valence-corrected chi connectivity index (χ2v) is 7.44. The molecule has 1 aromatic carbocycles. The molecule has 0 amide bonds. The molecule has 0 unspecified atom stereocenters. The number of anilines is 1. The summed E-state index contributed by atoms with van der Waals surface area (Å²) in [7, 11) is 3.57. The summed E-state index contributed by atoms with van der Waals surface area (Å²) in [6.45, 7) is 9.80. The molecular formula is C21H33IN6O. The minimum atomic E-state index is 0. The highest BCUT2D eigenvalue weighted by atomic mass is 127. The van der Waals surface area contributed by atoms with Gasteiger partial charge in [0.1, 0.15) is 11.6 Å². The Balaban J connectivity index is 0.00000300. The lowest BCUT2D eigenvalue weighted by atomic mass is 10.2. The van der Waals surface area contributed by atoms with Gasteiger partial charge >= 0.3 is 0 Å². The van der Waals surface area contributed by atoms with Gasteiger partial charge in [0, 0.05) is 52.2 Å². The minimum Gasteiger partial charge on any atom is -0.495 e. The number of hydrogen-bond acceptors (Lipinski definition) is 4. The van der Waals surface area contributed by atoms with Crippen molar-refractivity contribution in [3.63, 3.8) is 0 Å².